The molecule has 0 spiro atoms. The number of allylic oxidation sites excluding steroid dienone is 22. The Balaban J connectivity index is 3.55. The molecule has 0 saturated heterocycles. The number of unbranched alkanes of at least 4 members (excludes halogenated alkanes) is 14. The van der Waals surface area contributed by atoms with E-state index < -0.39 is 6.10 Å². The number of hydrogen-bond acceptors (Lipinski definition) is 4. The van der Waals surface area contributed by atoms with E-state index in [4.69, 9.17) is 9.47 Å². The maximum Gasteiger partial charge on any atom is 0.306 e. The minimum Gasteiger partial charge on any atom is -0.457 e. The number of esters is 1. The summed E-state index contributed by atoms with van der Waals surface area (Å²) in [6, 6.07) is 0. The molecule has 0 bridgehead atoms. The van der Waals surface area contributed by atoms with Gasteiger partial charge in [0.15, 0.2) is 0 Å². The molecular formula is C57H92O4. The number of ether oxygens (including phenoxy) is 2. The molecule has 4 nitrogen and oxygen atoms in total. The Labute approximate surface area is 377 Å². The van der Waals surface area contributed by atoms with Crippen molar-refractivity contribution in [2.24, 2.45) is 0 Å². The molecule has 0 aliphatic carbocycles. The third-order valence-electron chi connectivity index (χ3n) is 9.97. The van der Waals surface area contributed by atoms with Crippen LogP contribution in [0.1, 0.15) is 194 Å². The quantitative estimate of drug-likeness (QED) is 0.0377. The maximum atomic E-state index is 12.3. The Morgan fingerprint density at radius 2 is 0.689 bits per heavy atom. The molecule has 0 radical (unpaired) electrons. The molecule has 1 N–H and O–H groups in total. The van der Waals surface area contributed by atoms with Crippen LogP contribution in [0.25, 0.3) is 0 Å². The number of hydrogen-bond donors (Lipinski definition) is 1. The Bertz CT molecular complexity index is 1250. The van der Waals surface area contributed by atoms with Crippen molar-refractivity contribution >= 4 is 5.97 Å². The third kappa shape index (κ3) is 50.8. The summed E-state index contributed by atoms with van der Waals surface area (Å²) in [6.45, 7) is 5.05. The van der Waals surface area contributed by atoms with Crippen molar-refractivity contribution in [3.8, 4) is 0 Å². The number of aliphatic hydroxyl groups is 1. The van der Waals surface area contributed by atoms with E-state index in [-0.39, 0.29) is 19.2 Å². The predicted octanol–water partition coefficient (Wildman–Crippen LogP) is 17.0. The molecule has 344 valence electrons. The van der Waals surface area contributed by atoms with E-state index in [0.29, 0.717) is 13.0 Å². The lowest BCUT2D eigenvalue weighted by Crippen LogP contribution is -2.27. The molecule has 0 aromatic carbocycles. The van der Waals surface area contributed by atoms with Crippen molar-refractivity contribution in [3.05, 3.63) is 134 Å². The smallest absolute Gasteiger partial charge is 0.306 e. The molecule has 1 unspecified atom stereocenters. The summed E-state index contributed by atoms with van der Waals surface area (Å²) in [7, 11) is 0. The van der Waals surface area contributed by atoms with Gasteiger partial charge in [0.1, 0.15) is 6.10 Å². The first-order chi connectivity index (χ1) is 30.2. The van der Waals surface area contributed by atoms with Crippen molar-refractivity contribution in [3.63, 3.8) is 0 Å². The van der Waals surface area contributed by atoms with Crippen LogP contribution < -0.4 is 0 Å². The second-order valence-electron chi connectivity index (χ2n) is 15.8. The van der Waals surface area contributed by atoms with Gasteiger partial charge in [-0.3, -0.25) is 4.79 Å². The van der Waals surface area contributed by atoms with Crippen molar-refractivity contribution in [2.45, 2.75) is 200 Å². The molecule has 0 aliphatic heterocycles. The average molecular weight is 841 g/mol. The highest BCUT2D eigenvalue weighted by molar-refractivity contribution is 5.69. The zero-order chi connectivity index (χ0) is 44.0. The fourth-order valence-electron chi connectivity index (χ4n) is 6.36. The summed E-state index contributed by atoms with van der Waals surface area (Å²) >= 11 is 0. The molecule has 0 heterocycles. The van der Waals surface area contributed by atoms with Gasteiger partial charge in [0.05, 0.1) is 13.2 Å². The zero-order valence-electron chi connectivity index (χ0n) is 39.4. The highest BCUT2D eigenvalue weighted by atomic mass is 16.6. The van der Waals surface area contributed by atoms with E-state index in [2.05, 4.69) is 148 Å². The molecule has 4 heteroatoms. The number of carbonyl (C=O) groups is 1. The molecule has 0 fully saturated rings. The average Bonchev–Trinajstić information content (AvgIpc) is 3.27. The van der Waals surface area contributed by atoms with Gasteiger partial charge < -0.3 is 14.6 Å². The van der Waals surface area contributed by atoms with Gasteiger partial charge in [0.2, 0.25) is 0 Å². The van der Waals surface area contributed by atoms with E-state index in [1.807, 2.05) is 0 Å². The normalized spacial score (nSPS) is 13.6. The number of aliphatic hydroxyl groups excluding tert-OH is 1. The second kappa shape index (κ2) is 52.7. The minimum absolute atomic E-state index is 0.192. The van der Waals surface area contributed by atoms with E-state index in [0.717, 1.165) is 103 Å². The van der Waals surface area contributed by atoms with E-state index >= 15 is 0 Å². The van der Waals surface area contributed by atoms with Crippen LogP contribution in [-0.2, 0) is 14.3 Å². The van der Waals surface area contributed by atoms with Gasteiger partial charge in [0.25, 0.3) is 0 Å². The van der Waals surface area contributed by atoms with E-state index in [9.17, 15) is 9.90 Å². The maximum absolute atomic E-state index is 12.3. The van der Waals surface area contributed by atoms with Crippen LogP contribution in [0.2, 0.25) is 0 Å². The monoisotopic (exact) mass is 841 g/mol. The number of carbonyl (C=O) groups excluding carboxylic acids is 1. The Morgan fingerprint density at radius 1 is 0.393 bits per heavy atom. The molecule has 0 aromatic heterocycles. The van der Waals surface area contributed by atoms with Gasteiger partial charge in [-0.05, 0) is 109 Å². The number of rotatable bonds is 44. The van der Waals surface area contributed by atoms with Crippen molar-refractivity contribution in [2.75, 3.05) is 19.8 Å². The van der Waals surface area contributed by atoms with Gasteiger partial charge in [-0.25, -0.2) is 0 Å². The van der Waals surface area contributed by atoms with Crippen LogP contribution in [0.4, 0.5) is 0 Å². The molecule has 0 aromatic rings. The lowest BCUT2D eigenvalue weighted by molar-refractivity contribution is -0.154. The molecule has 61 heavy (non-hydrogen) atoms. The lowest BCUT2D eigenvalue weighted by Gasteiger charge is -2.15. The van der Waals surface area contributed by atoms with E-state index in [1.54, 1.807) is 0 Å². The SMILES string of the molecule is CC/C=C\C/C=C\C/C=C\C/C=C\C/C=C\C/C=C\CCCCCCCOCC(CO)OC(=O)CCCCCCCCCCC/C=C\C/C=C\C/C=C\C/C=C\C/C=C\CC. The highest BCUT2D eigenvalue weighted by Crippen LogP contribution is 2.13. The van der Waals surface area contributed by atoms with Crippen LogP contribution in [-0.4, -0.2) is 37.0 Å². The molecular weight excluding hydrogens is 749 g/mol. The summed E-state index contributed by atoms with van der Waals surface area (Å²) < 4.78 is 11.2. The van der Waals surface area contributed by atoms with Gasteiger partial charge in [-0.15, -0.1) is 0 Å². The predicted molar refractivity (Wildman–Crippen MR) is 269 cm³/mol. The first-order valence-corrected chi connectivity index (χ1v) is 24.8. The van der Waals surface area contributed by atoms with Crippen molar-refractivity contribution in [1.29, 1.82) is 0 Å². The summed E-state index contributed by atoms with van der Waals surface area (Å²) in [5.74, 6) is -0.220. The summed E-state index contributed by atoms with van der Waals surface area (Å²) in [5.41, 5.74) is 0. The fourth-order valence-corrected chi connectivity index (χ4v) is 6.36. The lowest BCUT2D eigenvalue weighted by atomic mass is 10.1. The Morgan fingerprint density at radius 3 is 1.03 bits per heavy atom. The molecule has 0 aliphatic rings. The second-order valence-corrected chi connectivity index (χ2v) is 15.8. The van der Waals surface area contributed by atoms with Gasteiger partial charge in [-0.2, -0.15) is 0 Å². The molecule has 0 amide bonds. The first-order valence-electron chi connectivity index (χ1n) is 24.8. The Kier molecular flexibility index (Phi) is 49.7. The van der Waals surface area contributed by atoms with Crippen molar-refractivity contribution in [1.82, 2.24) is 0 Å². The van der Waals surface area contributed by atoms with Crippen LogP contribution in [0.3, 0.4) is 0 Å². The summed E-state index contributed by atoms with van der Waals surface area (Å²) in [4.78, 5) is 12.3. The van der Waals surface area contributed by atoms with E-state index in [1.165, 1.54) is 70.6 Å². The van der Waals surface area contributed by atoms with Crippen LogP contribution in [0, 0.1) is 0 Å². The third-order valence-corrected chi connectivity index (χ3v) is 9.97. The van der Waals surface area contributed by atoms with Gasteiger partial charge in [-0.1, -0.05) is 212 Å². The molecule has 1 atom stereocenters. The topological polar surface area (TPSA) is 55.8 Å². The highest BCUT2D eigenvalue weighted by Gasteiger charge is 2.13. The van der Waals surface area contributed by atoms with Crippen LogP contribution in [0.5, 0.6) is 0 Å². The van der Waals surface area contributed by atoms with Crippen molar-refractivity contribution < 1.29 is 19.4 Å². The molecule has 0 rings (SSSR count). The standard InChI is InChI=1S/C57H92O4/c1-3-5-7-9-11-13-15-17-19-21-23-25-27-29-30-32-34-36-38-40-42-44-46-48-50-52-57(59)61-56(54-58)55-60-53-51-49-47-45-43-41-39-37-35-33-31-28-26-24-22-20-18-16-14-12-10-8-6-4-2/h5-8,11-14,17-20,23-26,29-31,33,37,39,56,58H,3-4,9-10,15-16,21-22,27-28,32,34-36,38,40-55H2,1-2H3/b7-5-,8-6-,13-11-,14-12-,19-17-,20-18-,25-23-,26-24-,30-29-,33-31-,39-37-. The van der Waals surface area contributed by atoms with Gasteiger partial charge >= 0.3 is 5.97 Å². The molecule has 0 saturated carbocycles. The van der Waals surface area contributed by atoms with Crippen LogP contribution >= 0.6 is 0 Å². The minimum atomic E-state index is -0.560. The summed E-state index contributed by atoms with van der Waals surface area (Å²) in [5, 5.41) is 9.65. The van der Waals surface area contributed by atoms with Crippen LogP contribution in [0.15, 0.2) is 134 Å². The zero-order valence-corrected chi connectivity index (χ0v) is 39.4. The fraction of sp³-hybridized carbons (Fsp3) is 0.596. The summed E-state index contributed by atoms with van der Waals surface area (Å²) in [6.07, 6.45) is 79.6. The van der Waals surface area contributed by atoms with Gasteiger partial charge in [0, 0.05) is 13.0 Å². The Hall–Kier alpha value is -3.47. The largest absolute Gasteiger partial charge is 0.457 e. The first kappa shape index (κ1) is 57.5.